The molecule has 1 heterocycles. The highest BCUT2D eigenvalue weighted by Crippen LogP contribution is 2.34. The Bertz CT molecular complexity index is 1010. The monoisotopic (exact) mass is 436 g/mol. The third-order valence-electron chi connectivity index (χ3n) is 4.44. The Morgan fingerprint density at radius 3 is 2.57 bits per heavy atom. The Labute approximate surface area is 175 Å². The molecule has 30 heavy (non-hydrogen) atoms. The zero-order chi connectivity index (χ0) is 21.7. The highest BCUT2D eigenvalue weighted by molar-refractivity contribution is 7.92. The number of rotatable bonds is 8. The Balaban J connectivity index is 1.69. The van der Waals surface area contributed by atoms with Crippen LogP contribution in [0.4, 0.5) is 5.69 Å². The van der Waals surface area contributed by atoms with Crippen LogP contribution in [0.2, 0.25) is 0 Å². The summed E-state index contributed by atoms with van der Waals surface area (Å²) in [5, 5.41) is 2.70. The molecule has 1 aliphatic rings. The van der Waals surface area contributed by atoms with Crippen molar-refractivity contribution in [2.45, 2.75) is 6.10 Å². The van der Waals surface area contributed by atoms with E-state index in [0.717, 1.165) is 10.6 Å². The van der Waals surface area contributed by atoms with Gasteiger partial charge in [-0.05, 0) is 24.3 Å². The normalized spacial score (nSPS) is 15.2. The molecule has 3 rings (SSSR count). The summed E-state index contributed by atoms with van der Waals surface area (Å²) in [4.78, 5) is 12.5. The van der Waals surface area contributed by atoms with Crippen molar-refractivity contribution >= 4 is 21.6 Å². The van der Waals surface area contributed by atoms with E-state index in [1.807, 2.05) is 12.1 Å². The Hall–Kier alpha value is -3.14. The molecule has 1 amide bonds. The Morgan fingerprint density at radius 2 is 1.90 bits per heavy atom. The molecule has 0 fully saturated rings. The van der Waals surface area contributed by atoms with Crippen LogP contribution in [0.5, 0.6) is 23.0 Å². The predicted octanol–water partition coefficient (Wildman–Crippen LogP) is 1.43. The van der Waals surface area contributed by atoms with Gasteiger partial charge in [0.15, 0.2) is 11.5 Å². The molecule has 9 nitrogen and oxygen atoms in total. The highest BCUT2D eigenvalue weighted by Gasteiger charge is 2.26. The highest BCUT2D eigenvalue weighted by atomic mass is 32.2. The number of para-hydroxylation sites is 2. The van der Waals surface area contributed by atoms with Crippen molar-refractivity contribution in [2.24, 2.45) is 0 Å². The summed E-state index contributed by atoms with van der Waals surface area (Å²) in [5.41, 5.74) is 0.209. The second-order valence-electron chi connectivity index (χ2n) is 6.61. The van der Waals surface area contributed by atoms with Crippen molar-refractivity contribution in [3.63, 3.8) is 0 Å². The summed E-state index contributed by atoms with van der Waals surface area (Å²) < 4.78 is 47.6. The molecule has 0 radical (unpaired) electrons. The number of nitrogens with one attached hydrogen (secondary N) is 1. The standard InChI is InChI=1S/C20H24N2O7S/c1-26-14-8-9-17(27-2)16(10-14)22(30(3,24)25)12-20(23)21-11-15-13-28-18-6-4-5-7-19(18)29-15/h4-10,15H,11-13H2,1-3H3,(H,21,23)/t15-/m1/s1. The van der Waals surface area contributed by atoms with Crippen LogP contribution in [0.1, 0.15) is 0 Å². The summed E-state index contributed by atoms with van der Waals surface area (Å²) in [7, 11) is -0.886. The van der Waals surface area contributed by atoms with Gasteiger partial charge in [-0.1, -0.05) is 12.1 Å². The minimum atomic E-state index is -3.77. The van der Waals surface area contributed by atoms with Crippen molar-refractivity contribution in [2.75, 3.05) is 44.5 Å². The number of methoxy groups -OCH3 is 2. The predicted molar refractivity (Wildman–Crippen MR) is 111 cm³/mol. The fraction of sp³-hybridized carbons (Fsp3) is 0.350. The van der Waals surface area contributed by atoms with Gasteiger partial charge in [-0.15, -0.1) is 0 Å². The van der Waals surface area contributed by atoms with Crippen molar-refractivity contribution in [3.05, 3.63) is 42.5 Å². The fourth-order valence-electron chi connectivity index (χ4n) is 2.95. The first-order chi connectivity index (χ1) is 14.3. The van der Waals surface area contributed by atoms with Gasteiger partial charge >= 0.3 is 0 Å². The number of benzene rings is 2. The lowest BCUT2D eigenvalue weighted by atomic mass is 10.2. The third kappa shape index (κ3) is 5.07. The summed E-state index contributed by atoms with van der Waals surface area (Å²) in [6.07, 6.45) is 0.635. The molecule has 162 valence electrons. The fourth-order valence-corrected chi connectivity index (χ4v) is 3.80. The molecule has 0 unspecified atom stereocenters. The number of ether oxygens (including phenoxy) is 4. The summed E-state index contributed by atoms with van der Waals surface area (Å²) in [6.45, 7) is 0.0172. The maximum atomic E-state index is 12.5. The van der Waals surface area contributed by atoms with Crippen molar-refractivity contribution in [1.82, 2.24) is 5.32 Å². The van der Waals surface area contributed by atoms with Crippen LogP contribution >= 0.6 is 0 Å². The molecule has 2 aromatic rings. The van der Waals surface area contributed by atoms with E-state index in [0.29, 0.717) is 23.0 Å². The number of hydrogen-bond acceptors (Lipinski definition) is 7. The number of carbonyl (C=O) groups excluding carboxylic acids is 1. The largest absolute Gasteiger partial charge is 0.497 e. The van der Waals surface area contributed by atoms with E-state index in [2.05, 4.69) is 5.32 Å². The molecule has 1 atom stereocenters. The lowest BCUT2D eigenvalue weighted by molar-refractivity contribution is -0.120. The molecule has 10 heteroatoms. The summed E-state index contributed by atoms with van der Waals surface area (Å²) >= 11 is 0. The number of sulfonamides is 1. The molecule has 2 aromatic carbocycles. The molecule has 1 aliphatic heterocycles. The molecule has 0 aromatic heterocycles. The van der Waals surface area contributed by atoms with Crippen LogP contribution in [-0.2, 0) is 14.8 Å². The van der Waals surface area contributed by atoms with E-state index >= 15 is 0 Å². The molecule has 1 N–H and O–H groups in total. The quantitative estimate of drug-likeness (QED) is 0.668. The summed E-state index contributed by atoms with van der Waals surface area (Å²) in [6, 6.07) is 12.0. The van der Waals surface area contributed by atoms with Crippen molar-refractivity contribution < 1.29 is 32.2 Å². The van der Waals surface area contributed by atoms with E-state index in [4.69, 9.17) is 18.9 Å². The lowest BCUT2D eigenvalue weighted by Crippen LogP contribution is -2.45. The van der Waals surface area contributed by atoms with Crippen LogP contribution in [0.25, 0.3) is 0 Å². The van der Waals surface area contributed by atoms with Gasteiger partial charge in [0.1, 0.15) is 30.8 Å². The molecule has 0 spiro atoms. The van der Waals surface area contributed by atoms with Gasteiger partial charge in [-0.2, -0.15) is 0 Å². The maximum Gasteiger partial charge on any atom is 0.240 e. The summed E-state index contributed by atoms with van der Waals surface area (Å²) in [5.74, 6) is 1.49. The van der Waals surface area contributed by atoms with E-state index in [9.17, 15) is 13.2 Å². The Morgan fingerprint density at radius 1 is 1.17 bits per heavy atom. The average Bonchev–Trinajstić information content (AvgIpc) is 2.74. The number of nitrogens with zero attached hydrogens (tertiary/aromatic N) is 1. The second kappa shape index (κ2) is 9.12. The van der Waals surface area contributed by atoms with Crippen LogP contribution in [-0.4, -0.2) is 60.6 Å². The lowest BCUT2D eigenvalue weighted by Gasteiger charge is -2.27. The molecule has 0 bridgehead atoms. The SMILES string of the molecule is COc1ccc(OC)c(N(CC(=O)NC[C@@H]2COc3ccccc3O2)S(C)(=O)=O)c1. The van der Waals surface area contributed by atoms with Gasteiger partial charge in [0, 0.05) is 6.07 Å². The Kier molecular flexibility index (Phi) is 6.56. The van der Waals surface area contributed by atoms with E-state index in [1.165, 1.54) is 20.3 Å². The van der Waals surface area contributed by atoms with Crippen LogP contribution in [0, 0.1) is 0 Å². The first kappa shape index (κ1) is 21.6. The number of hydrogen-bond donors (Lipinski definition) is 1. The number of fused-ring (bicyclic) bond motifs is 1. The van der Waals surface area contributed by atoms with E-state index in [-0.39, 0.29) is 24.9 Å². The van der Waals surface area contributed by atoms with Crippen molar-refractivity contribution in [3.8, 4) is 23.0 Å². The first-order valence-electron chi connectivity index (χ1n) is 9.16. The topological polar surface area (TPSA) is 103 Å². The average molecular weight is 436 g/mol. The smallest absolute Gasteiger partial charge is 0.240 e. The second-order valence-corrected chi connectivity index (χ2v) is 8.52. The number of carbonyl (C=O) groups is 1. The van der Waals surface area contributed by atoms with Crippen LogP contribution in [0.3, 0.4) is 0 Å². The number of anilines is 1. The van der Waals surface area contributed by atoms with Gasteiger partial charge < -0.3 is 24.3 Å². The third-order valence-corrected chi connectivity index (χ3v) is 5.56. The van der Waals surface area contributed by atoms with Crippen LogP contribution < -0.4 is 28.6 Å². The van der Waals surface area contributed by atoms with Gasteiger partial charge in [-0.3, -0.25) is 9.10 Å². The van der Waals surface area contributed by atoms with Crippen LogP contribution in [0.15, 0.2) is 42.5 Å². The molecule has 0 saturated carbocycles. The first-order valence-corrected chi connectivity index (χ1v) is 11.0. The minimum Gasteiger partial charge on any atom is -0.497 e. The zero-order valence-electron chi connectivity index (χ0n) is 17.0. The van der Waals surface area contributed by atoms with Crippen molar-refractivity contribution in [1.29, 1.82) is 0 Å². The molecular formula is C20H24N2O7S. The van der Waals surface area contributed by atoms with Gasteiger partial charge in [-0.25, -0.2) is 8.42 Å². The molecule has 0 aliphatic carbocycles. The molecule has 0 saturated heterocycles. The van der Waals surface area contributed by atoms with E-state index in [1.54, 1.807) is 24.3 Å². The number of amides is 1. The van der Waals surface area contributed by atoms with Gasteiger partial charge in [0.25, 0.3) is 0 Å². The van der Waals surface area contributed by atoms with Gasteiger partial charge in [0.05, 0.1) is 32.7 Å². The van der Waals surface area contributed by atoms with E-state index < -0.39 is 22.5 Å². The van der Waals surface area contributed by atoms with Gasteiger partial charge in [0.2, 0.25) is 15.9 Å². The minimum absolute atomic E-state index is 0.167. The molecular weight excluding hydrogens is 412 g/mol. The maximum absolute atomic E-state index is 12.5. The zero-order valence-corrected chi connectivity index (χ0v) is 17.8.